The zero-order valence-electron chi connectivity index (χ0n) is 14.9. The van der Waals surface area contributed by atoms with E-state index in [2.05, 4.69) is 10.3 Å². The van der Waals surface area contributed by atoms with E-state index in [1.54, 1.807) is 18.2 Å². The Kier molecular flexibility index (Phi) is 4.33. The molecule has 0 saturated carbocycles. The summed E-state index contributed by atoms with van der Waals surface area (Å²) in [6.45, 7) is 1.98. The van der Waals surface area contributed by atoms with Gasteiger partial charge in [-0.1, -0.05) is 18.2 Å². The van der Waals surface area contributed by atoms with E-state index >= 15 is 0 Å². The van der Waals surface area contributed by atoms with Crippen LogP contribution in [0.5, 0.6) is 0 Å². The summed E-state index contributed by atoms with van der Waals surface area (Å²) in [5, 5.41) is 13.6. The summed E-state index contributed by atoms with van der Waals surface area (Å²) in [7, 11) is 0. The van der Waals surface area contributed by atoms with Crippen LogP contribution in [0.1, 0.15) is 15.9 Å². The molecule has 4 aromatic rings. The topological polar surface area (TPSA) is 98.3 Å². The molecule has 0 aliphatic heterocycles. The Labute approximate surface area is 159 Å². The third kappa shape index (κ3) is 3.45. The van der Waals surface area contributed by atoms with Gasteiger partial charge in [0.25, 0.3) is 11.6 Å². The lowest BCUT2D eigenvalue weighted by Crippen LogP contribution is -2.12. The molecule has 1 amide bonds. The maximum absolute atomic E-state index is 12.4. The van der Waals surface area contributed by atoms with Gasteiger partial charge < -0.3 is 9.73 Å². The van der Waals surface area contributed by atoms with Crippen LogP contribution in [0, 0.1) is 17.0 Å². The summed E-state index contributed by atoms with van der Waals surface area (Å²) in [5.41, 5.74) is 3.86. The molecule has 3 aromatic carbocycles. The number of hydrogen-bond acceptors (Lipinski definition) is 5. The second kappa shape index (κ2) is 6.96. The van der Waals surface area contributed by atoms with Gasteiger partial charge in [-0.05, 0) is 48.9 Å². The highest BCUT2D eigenvalue weighted by Crippen LogP contribution is 2.27. The Hall–Kier alpha value is -4.00. The molecule has 1 heterocycles. The molecule has 0 aliphatic rings. The Balaban J connectivity index is 1.60. The average Bonchev–Trinajstić information content (AvgIpc) is 3.11. The molecular weight excluding hydrogens is 358 g/mol. The molecule has 0 fully saturated rings. The van der Waals surface area contributed by atoms with Gasteiger partial charge >= 0.3 is 0 Å². The van der Waals surface area contributed by atoms with Gasteiger partial charge in [0.05, 0.1) is 4.92 Å². The van der Waals surface area contributed by atoms with Crippen LogP contribution in [-0.2, 0) is 0 Å². The third-order valence-electron chi connectivity index (χ3n) is 4.23. The van der Waals surface area contributed by atoms with Crippen LogP contribution in [-0.4, -0.2) is 15.8 Å². The number of oxazole rings is 1. The van der Waals surface area contributed by atoms with Crippen molar-refractivity contribution in [1.29, 1.82) is 0 Å². The lowest BCUT2D eigenvalue weighted by Gasteiger charge is -2.06. The van der Waals surface area contributed by atoms with Gasteiger partial charge in [0.2, 0.25) is 5.89 Å². The second-order valence-corrected chi connectivity index (χ2v) is 6.33. The van der Waals surface area contributed by atoms with Gasteiger partial charge in [-0.25, -0.2) is 4.98 Å². The molecule has 4 rings (SSSR count). The molecule has 1 aromatic heterocycles. The van der Waals surface area contributed by atoms with Crippen molar-refractivity contribution < 1.29 is 14.1 Å². The second-order valence-electron chi connectivity index (χ2n) is 6.33. The molecule has 0 radical (unpaired) electrons. The van der Waals surface area contributed by atoms with E-state index in [0.717, 1.165) is 11.1 Å². The molecule has 0 spiro atoms. The van der Waals surface area contributed by atoms with E-state index in [1.165, 1.54) is 24.3 Å². The first-order valence-corrected chi connectivity index (χ1v) is 8.53. The first-order chi connectivity index (χ1) is 13.5. The maximum Gasteiger partial charge on any atom is 0.270 e. The van der Waals surface area contributed by atoms with Crippen molar-refractivity contribution in [2.24, 2.45) is 0 Å². The standard InChI is InChI=1S/C21H15N3O4/c1-13-8-9-19-18(10-13)23-21(28-19)15-5-2-6-16(11-15)22-20(25)14-4-3-7-17(12-14)24(26)27/h2-12H,1H3,(H,22,25). The smallest absolute Gasteiger partial charge is 0.270 e. The number of carbonyl (C=O) groups excluding carboxylic acids is 1. The number of fused-ring (bicyclic) bond motifs is 1. The first kappa shape index (κ1) is 17.4. The molecule has 0 unspecified atom stereocenters. The van der Waals surface area contributed by atoms with Gasteiger partial charge in [-0.3, -0.25) is 14.9 Å². The fourth-order valence-electron chi connectivity index (χ4n) is 2.85. The number of benzene rings is 3. The van der Waals surface area contributed by atoms with Gasteiger partial charge in [0, 0.05) is 28.9 Å². The van der Waals surface area contributed by atoms with Crippen molar-refractivity contribution in [2.45, 2.75) is 6.92 Å². The van der Waals surface area contributed by atoms with Crippen LogP contribution in [0.2, 0.25) is 0 Å². The van der Waals surface area contributed by atoms with Crippen molar-refractivity contribution in [2.75, 3.05) is 5.32 Å². The van der Waals surface area contributed by atoms with E-state index in [0.29, 0.717) is 22.7 Å². The van der Waals surface area contributed by atoms with Gasteiger partial charge in [-0.2, -0.15) is 0 Å². The Bertz CT molecular complexity index is 1210. The molecule has 28 heavy (non-hydrogen) atoms. The Morgan fingerprint density at radius 3 is 2.71 bits per heavy atom. The predicted octanol–water partition coefficient (Wildman–Crippen LogP) is 4.96. The highest BCUT2D eigenvalue weighted by molar-refractivity contribution is 6.04. The van der Waals surface area contributed by atoms with E-state index in [9.17, 15) is 14.9 Å². The minimum Gasteiger partial charge on any atom is -0.436 e. The molecule has 0 atom stereocenters. The molecule has 7 nitrogen and oxygen atoms in total. The van der Waals surface area contributed by atoms with Crippen molar-refractivity contribution in [1.82, 2.24) is 4.98 Å². The van der Waals surface area contributed by atoms with Crippen LogP contribution < -0.4 is 5.32 Å². The number of non-ortho nitro benzene ring substituents is 1. The molecule has 0 bridgehead atoms. The summed E-state index contributed by atoms with van der Waals surface area (Å²) in [4.78, 5) is 27.3. The molecule has 0 aliphatic carbocycles. The number of nitrogens with one attached hydrogen (secondary N) is 1. The van der Waals surface area contributed by atoms with Crippen LogP contribution in [0.3, 0.4) is 0 Å². The Morgan fingerprint density at radius 2 is 1.89 bits per heavy atom. The lowest BCUT2D eigenvalue weighted by atomic mass is 10.1. The number of aromatic nitrogens is 1. The summed E-state index contributed by atoms with van der Waals surface area (Å²) in [6.07, 6.45) is 0. The van der Waals surface area contributed by atoms with Crippen LogP contribution >= 0.6 is 0 Å². The monoisotopic (exact) mass is 373 g/mol. The highest BCUT2D eigenvalue weighted by atomic mass is 16.6. The Morgan fingerprint density at radius 1 is 1.07 bits per heavy atom. The molecule has 0 saturated heterocycles. The molecular formula is C21H15N3O4. The van der Waals surface area contributed by atoms with E-state index in [-0.39, 0.29) is 11.3 Å². The summed E-state index contributed by atoms with van der Waals surface area (Å²) in [6, 6.07) is 18.4. The van der Waals surface area contributed by atoms with E-state index < -0.39 is 10.8 Å². The minimum atomic E-state index is -0.535. The van der Waals surface area contributed by atoms with Gasteiger partial charge in [0.1, 0.15) is 5.52 Å². The first-order valence-electron chi connectivity index (χ1n) is 8.53. The van der Waals surface area contributed by atoms with Crippen LogP contribution in [0.15, 0.2) is 71.1 Å². The summed E-state index contributed by atoms with van der Waals surface area (Å²) in [5.74, 6) is 0.0149. The number of rotatable bonds is 4. The highest BCUT2D eigenvalue weighted by Gasteiger charge is 2.13. The third-order valence-corrected chi connectivity index (χ3v) is 4.23. The lowest BCUT2D eigenvalue weighted by molar-refractivity contribution is -0.384. The van der Waals surface area contributed by atoms with Crippen LogP contribution in [0.25, 0.3) is 22.6 Å². The number of nitro groups is 1. The number of carbonyl (C=O) groups is 1. The number of nitrogens with zero attached hydrogens (tertiary/aromatic N) is 2. The summed E-state index contributed by atoms with van der Waals surface area (Å²) < 4.78 is 5.80. The zero-order chi connectivity index (χ0) is 19.7. The normalized spacial score (nSPS) is 10.8. The van der Waals surface area contributed by atoms with Crippen molar-refractivity contribution >= 4 is 28.4 Å². The average molecular weight is 373 g/mol. The van der Waals surface area contributed by atoms with Crippen LogP contribution in [0.4, 0.5) is 11.4 Å². The van der Waals surface area contributed by atoms with Gasteiger partial charge in [0.15, 0.2) is 5.58 Å². The van der Waals surface area contributed by atoms with Crippen molar-refractivity contribution in [3.05, 3.63) is 88.0 Å². The quantitative estimate of drug-likeness (QED) is 0.402. The maximum atomic E-state index is 12.4. The number of aryl methyl sites for hydroxylation is 1. The van der Waals surface area contributed by atoms with Gasteiger partial charge in [-0.15, -0.1) is 0 Å². The molecule has 138 valence electrons. The van der Waals surface area contributed by atoms with Crippen molar-refractivity contribution in [3.63, 3.8) is 0 Å². The molecule has 7 heteroatoms. The van der Waals surface area contributed by atoms with E-state index in [4.69, 9.17) is 4.42 Å². The fraction of sp³-hybridized carbons (Fsp3) is 0.0476. The minimum absolute atomic E-state index is 0.136. The summed E-state index contributed by atoms with van der Waals surface area (Å²) >= 11 is 0. The SMILES string of the molecule is Cc1ccc2oc(-c3cccc(NC(=O)c4cccc([N+](=O)[O-])c4)c3)nc2c1. The molecule has 1 N–H and O–H groups in total. The van der Waals surface area contributed by atoms with Crippen molar-refractivity contribution in [3.8, 4) is 11.5 Å². The number of anilines is 1. The fourth-order valence-corrected chi connectivity index (χ4v) is 2.85. The zero-order valence-corrected chi connectivity index (χ0v) is 14.9. The number of amides is 1. The van der Waals surface area contributed by atoms with E-state index in [1.807, 2.05) is 31.2 Å². The largest absolute Gasteiger partial charge is 0.436 e. The number of hydrogen-bond donors (Lipinski definition) is 1. The number of nitro benzene ring substituents is 1. The predicted molar refractivity (Wildman–Crippen MR) is 105 cm³/mol.